The molecule has 1 unspecified atom stereocenters. The van der Waals surface area contributed by atoms with Gasteiger partial charge in [0.25, 0.3) is 10.0 Å². The summed E-state index contributed by atoms with van der Waals surface area (Å²) in [5, 5.41) is 0. The molecule has 3 rings (SSSR count). The number of ether oxygens (including phenoxy) is 1. The van der Waals surface area contributed by atoms with Crippen molar-refractivity contribution in [3.05, 3.63) is 16.0 Å². The van der Waals surface area contributed by atoms with Crippen LogP contribution in [0.15, 0.2) is 4.21 Å². The van der Waals surface area contributed by atoms with E-state index in [0.29, 0.717) is 37.5 Å². The van der Waals surface area contributed by atoms with Crippen LogP contribution in [0.25, 0.3) is 0 Å². The zero-order valence-corrected chi connectivity index (χ0v) is 19.7. The van der Waals surface area contributed by atoms with Crippen molar-refractivity contribution in [2.45, 2.75) is 69.5 Å². The molecule has 1 aliphatic carbocycles. The molecule has 1 atom stereocenters. The van der Waals surface area contributed by atoms with Crippen molar-refractivity contribution in [2.75, 3.05) is 20.2 Å². The van der Waals surface area contributed by atoms with E-state index in [4.69, 9.17) is 4.74 Å². The van der Waals surface area contributed by atoms with Gasteiger partial charge in [0.05, 0.1) is 19.2 Å². The Bertz CT molecular complexity index is 887. The van der Waals surface area contributed by atoms with E-state index < -0.39 is 16.0 Å². The Morgan fingerprint density at radius 3 is 2.60 bits per heavy atom. The SMILES string of the molecule is CCC(C)C(=O)N1CCc2c(sc(S(=O)(=O)NCC3CCCCC3)c2C(=O)OC)C1. The smallest absolute Gasteiger partial charge is 0.340 e. The molecule has 1 fully saturated rings. The van der Waals surface area contributed by atoms with Crippen LogP contribution in [-0.4, -0.2) is 45.4 Å². The van der Waals surface area contributed by atoms with Crippen LogP contribution in [0.3, 0.4) is 0 Å². The highest BCUT2D eigenvalue weighted by atomic mass is 32.2. The molecular weight excluding hydrogens is 424 g/mol. The number of hydrogen-bond acceptors (Lipinski definition) is 6. The van der Waals surface area contributed by atoms with Crippen molar-refractivity contribution in [1.29, 1.82) is 0 Å². The maximum absolute atomic E-state index is 13.1. The monoisotopic (exact) mass is 456 g/mol. The molecule has 0 saturated heterocycles. The average Bonchev–Trinajstić information content (AvgIpc) is 3.16. The number of carbonyl (C=O) groups excluding carboxylic acids is 2. The highest BCUT2D eigenvalue weighted by molar-refractivity contribution is 7.91. The van der Waals surface area contributed by atoms with Gasteiger partial charge in [-0.3, -0.25) is 4.79 Å². The molecule has 168 valence electrons. The number of nitrogens with zero attached hydrogens (tertiary/aromatic N) is 1. The van der Waals surface area contributed by atoms with Gasteiger partial charge in [-0.25, -0.2) is 17.9 Å². The van der Waals surface area contributed by atoms with Gasteiger partial charge in [-0.1, -0.05) is 33.1 Å². The van der Waals surface area contributed by atoms with Crippen LogP contribution >= 0.6 is 11.3 Å². The number of hydrogen-bond donors (Lipinski definition) is 1. The van der Waals surface area contributed by atoms with E-state index in [0.717, 1.165) is 48.3 Å². The number of rotatable bonds is 7. The minimum Gasteiger partial charge on any atom is -0.465 e. The molecule has 30 heavy (non-hydrogen) atoms. The Morgan fingerprint density at radius 1 is 1.27 bits per heavy atom. The van der Waals surface area contributed by atoms with Crippen LogP contribution in [0.1, 0.15) is 73.2 Å². The molecule has 1 aromatic heterocycles. The fraction of sp³-hybridized carbons (Fsp3) is 0.714. The molecule has 2 aliphatic rings. The quantitative estimate of drug-likeness (QED) is 0.636. The van der Waals surface area contributed by atoms with Gasteiger partial charge >= 0.3 is 5.97 Å². The van der Waals surface area contributed by atoms with Crippen molar-refractivity contribution in [3.8, 4) is 0 Å². The van der Waals surface area contributed by atoms with Gasteiger partial charge in [0.1, 0.15) is 4.21 Å². The van der Waals surface area contributed by atoms with Gasteiger partial charge in [0.2, 0.25) is 5.91 Å². The Balaban J connectivity index is 1.86. The highest BCUT2D eigenvalue weighted by Gasteiger charge is 2.35. The Labute approximate surface area is 183 Å². The summed E-state index contributed by atoms with van der Waals surface area (Å²) in [4.78, 5) is 27.6. The van der Waals surface area contributed by atoms with E-state index >= 15 is 0 Å². The van der Waals surface area contributed by atoms with E-state index in [1.54, 1.807) is 4.90 Å². The summed E-state index contributed by atoms with van der Waals surface area (Å²) in [5.74, 6) is -0.302. The number of carbonyl (C=O) groups is 2. The zero-order chi connectivity index (χ0) is 21.9. The predicted molar refractivity (Wildman–Crippen MR) is 116 cm³/mol. The van der Waals surface area contributed by atoms with Crippen LogP contribution in [0, 0.1) is 11.8 Å². The van der Waals surface area contributed by atoms with Gasteiger partial charge in [0, 0.05) is 23.9 Å². The summed E-state index contributed by atoms with van der Waals surface area (Å²) < 4.78 is 33.9. The van der Waals surface area contributed by atoms with E-state index in [-0.39, 0.29) is 21.6 Å². The molecule has 0 aromatic carbocycles. The van der Waals surface area contributed by atoms with Crippen LogP contribution in [0.5, 0.6) is 0 Å². The summed E-state index contributed by atoms with van der Waals surface area (Å²) >= 11 is 1.09. The zero-order valence-electron chi connectivity index (χ0n) is 18.0. The molecule has 0 bridgehead atoms. The second-order valence-corrected chi connectivity index (χ2v) is 11.4. The molecule has 1 aliphatic heterocycles. The first-order chi connectivity index (χ1) is 14.3. The lowest BCUT2D eigenvalue weighted by Crippen LogP contribution is -2.38. The fourth-order valence-corrected chi connectivity index (χ4v) is 7.29. The van der Waals surface area contributed by atoms with Crippen LogP contribution in [0.4, 0.5) is 0 Å². The molecule has 7 nitrogen and oxygen atoms in total. The fourth-order valence-electron chi connectivity index (χ4n) is 4.24. The Morgan fingerprint density at radius 2 is 1.97 bits per heavy atom. The van der Waals surface area contributed by atoms with E-state index in [1.165, 1.54) is 13.5 Å². The number of methoxy groups -OCH3 is 1. The lowest BCUT2D eigenvalue weighted by molar-refractivity contribution is -0.135. The summed E-state index contributed by atoms with van der Waals surface area (Å²) in [5.41, 5.74) is 0.849. The van der Waals surface area contributed by atoms with Gasteiger partial charge in [-0.15, -0.1) is 11.3 Å². The lowest BCUT2D eigenvalue weighted by atomic mass is 9.90. The average molecular weight is 457 g/mol. The summed E-state index contributed by atoms with van der Waals surface area (Å²) in [6, 6.07) is 0. The number of esters is 1. The molecule has 9 heteroatoms. The molecule has 0 spiro atoms. The second kappa shape index (κ2) is 9.78. The van der Waals surface area contributed by atoms with Gasteiger partial charge in [-0.05, 0) is 37.2 Å². The van der Waals surface area contributed by atoms with Crippen LogP contribution < -0.4 is 4.72 Å². The van der Waals surface area contributed by atoms with Gasteiger partial charge in [-0.2, -0.15) is 0 Å². The molecule has 2 heterocycles. The third-order valence-corrected chi connectivity index (χ3v) is 9.45. The van der Waals surface area contributed by atoms with Crippen molar-refractivity contribution in [2.24, 2.45) is 11.8 Å². The van der Waals surface area contributed by atoms with Crippen LogP contribution in [-0.2, 0) is 32.5 Å². The number of nitrogens with one attached hydrogen (secondary N) is 1. The maximum Gasteiger partial charge on any atom is 0.340 e. The minimum absolute atomic E-state index is 0.0213. The molecule has 1 amide bonds. The molecule has 0 radical (unpaired) electrons. The molecule has 1 N–H and O–H groups in total. The topological polar surface area (TPSA) is 92.8 Å². The van der Waals surface area contributed by atoms with Crippen LogP contribution in [0.2, 0.25) is 0 Å². The van der Waals surface area contributed by atoms with E-state index in [9.17, 15) is 18.0 Å². The third kappa shape index (κ3) is 4.89. The first kappa shape index (κ1) is 23.2. The highest BCUT2D eigenvalue weighted by Crippen LogP contribution is 2.37. The molecule has 1 saturated carbocycles. The lowest BCUT2D eigenvalue weighted by Gasteiger charge is -2.29. The van der Waals surface area contributed by atoms with E-state index in [1.807, 2.05) is 13.8 Å². The number of fused-ring (bicyclic) bond motifs is 1. The number of sulfonamides is 1. The summed E-state index contributed by atoms with van der Waals surface area (Å²) in [6.07, 6.45) is 6.74. The minimum atomic E-state index is -3.83. The Hall–Kier alpha value is -1.45. The second-order valence-electron chi connectivity index (χ2n) is 8.33. The Kier molecular flexibility index (Phi) is 7.57. The van der Waals surface area contributed by atoms with Crippen molar-refractivity contribution in [3.63, 3.8) is 0 Å². The van der Waals surface area contributed by atoms with Gasteiger partial charge < -0.3 is 9.64 Å². The first-order valence-corrected chi connectivity index (χ1v) is 13.1. The number of thiophene rings is 1. The number of amides is 1. The molecule has 1 aromatic rings. The van der Waals surface area contributed by atoms with Crippen molar-refractivity contribution < 1.29 is 22.7 Å². The van der Waals surface area contributed by atoms with E-state index in [2.05, 4.69) is 4.72 Å². The predicted octanol–water partition coefficient (Wildman–Crippen LogP) is 3.32. The van der Waals surface area contributed by atoms with Crippen molar-refractivity contribution >= 4 is 33.2 Å². The summed E-state index contributed by atoms with van der Waals surface area (Å²) in [6.45, 7) is 5.08. The van der Waals surface area contributed by atoms with Gasteiger partial charge in [0.15, 0.2) is 0 Å². The largest absolute Gasteiger partial charge is 0.465 e. The standard InChI is InChI=1S/C21H32N2O5S2/c1-4-14(2)19(24)23-11-10-16-17(13-23)29-21(18(16)20(25)28-3)30(26,27)22-12-15-8-6-5-7-9-15/h14-15,22H,4-13H2,1-3H3. The normalized spacial score (nSPS) is 18.7. The first-order valence-electron chi connectivity index (χ1n) is 10.8. The third-order valence-electron chi connectivity index (χ3n) is 6.29. The van der Waals surface area contributed by atoms with Crippen molar-refractivity contribution in [1.82, 2.24) is 9.62 Å². The summed E-state index contributed by atoms with van der Waals surface area (Å²) in [7, 11) is -2.57. The molecular formula is C21H32N2O5S2. The maximum atomic E-state index is 13.1.